The molecule has 0 N–H and O–H groups in total. The minimum atomic E-state index is -0.827. The van der Waals surface area contributed by atoms with Crippen LogP contribution in [-0.2, 0) is 4.74 Å². The van der Waals surface area contributed by atoms with Gasteiger partial charge < -0.3 is 9.47 Å². The molecule has 0 radical (unpaired) electrons. The van der Waals surface area contributed by atoms with Crippen molar-refractivity contribution in [2.45, 2.75) is 0 Å². The second kappa shape index (κ2) is 8.94. The van der Waals surface area contributed by atoms with E-state index in [2.05, 4.69) is 0 Å². The van der Waals surface area contributed by atoms with Crippen molar-refractivity contribution in [1.82, 2.24) is 0 Å². The number of hydrogen-bond acceptors (Lipinski definition) is 8. The van der Waals surface area contributed by atoms with Gasteiger partial charge in [-0.1, -0.05) is 18.2 Å². The monoisotopic (exact) mass is 460 g/mol. The molecule has 0 saturated carbocycles. The number of carbonyl (C=O) groups is 4. The predicted octanol–water partition coefficient (Wildman–Crippen LogP) is 3.44. The predicted molar refractivity (Wildman–Crippen MR) is 118 cm³/mol. The van der Waals surface area contributed by atoms with Crippen LogP contribution in [0.25, 0.3) is 0 Å². The van der Waals surface area contributed by atoms with Crippen LogP contribution >= 0.6 is 0 Å². The van der Waals surface area contributed by atoms with Crippen LogP contribution < -0.4 is 9.64 Å². The number of nitrogens with zero attached hydrogens (tertiary/aromatic N) is 2. The Morgan fingerprint density at radius 2 is 1.65 bits per heavy atom. The zero-order chi connectivity index (χ0) is 24.4. The summed E-state index contributed by atoms with van der Waals surface area (Å²) in [6, 6.07) is 15.6. The Hall–Kier alpha value is -4.86. The van der Waals surface area contributed by atoms with Crippen molar-refractivity contribution < 1.29 is 33.6 Å². The summed E-state index contributed by atoms with van der Waals surface area (Å²) in [4.78, 5) is 61.4. The van der Waals surface area contributed by atoms with Crippen LogP contribution in [0.15, 0.2) is 66.7 Å². The highest BCUT2D eigenvalue weighted by atomic mass is 16.6. The van der Waals surface area contributed by atoms with Gasteiger partial charge in [0.15, 0.2) is 12.4 Å². The van der Waals surface area contributed by atoms with Crippen LogP contribution in [0.5, 0.6) is 5.75 Å². The third-order valence-electron chi connectivity index (χ3n) is 5.18. The number of Topliss-reactive ketones (excluding diaryl/α,β-unsaturated/α-hetero) is 1. The number of fused-ring (bicyclic) bond motifs is 1. The van der Waals surface area contributed by atoms with Gasteiger partial charge >= 0.3 is 5.97 Å². The molecule has 0 fully saturated rings. The topological polar surface area (TPSA) is 133 Å². The maximum atomic E-state index is 12.8. The molecule has 1 heterocycles. The molecule has 10 heteroatoms. The average Bonchev–Trinajstić information content (AvgIpc) is 3.12. The van der Waals surface area contributed by atoms with Crippen LogP contribution in [0.1, 0.15) is 41.4 Å². The van der Waals surface area contributed by atoms with Crippen LogP contribution in [0.3, 0.4) is 0 Å². The molecule has 2 amide bonds. The molecule has 0 aliphatic carbocycles. The summed E-state index contributed by atoms with van der Waals surface area (Å²) in [7, 11) is 1.47. The number of carbonyl (C=O) groups excluding carboxylic acids is 4. The van der Waals surface area contributed by atoms with Crippen LogP contribution in [0.4, 0.5) is 11.4 Å². The van der Waals surface area contributed by atoms with E-state index in [-0.39, 0.29) is 22.4 Å². The van der Waals surface area contributed by atoms with Crippen molar-refractivity contribution in [1.29, 1.82) is 0 Å². The van der Waals surface area contributed by atoms with Gasteiger partial charge in [0.2, 0.25) is 0 Å². The van der Waals surface area contributed by atoms with E-state index in [9.17, 15) is 29.3 Å². The quantitative estimate of drug-likeness (QED) is 0.172. The number of esters is 1. The van der Waals surface area contributed by atoms with Gasteiger partial charge in [0.1, 0.15) is 11.3 Å². The first-order valence-corrected chi connectivity index (χ1v) is 9.92. The van der Waals surface area contributed by atoms with Gasteiger partial charge in [-0.3, -0.25) is 24.5 Å². The zero-order valence-electron chi connectivity index (χ0n) is 17.7. The lowest BCUT2D eigenvalue weighted by molar-refractivity contribution is -0.385. The van der Waals surface area contributed by atoms with Gasteiger partial charge in [0, 0.05) is 11.6 Å². The molecule has 34 heavy (non-hydrogen) atoms. The van der Waals surface area contributed by atoms with Crippen molar-refractivity contribution in [3.8, 4) is 5.75 Å². The normalized spacial score (nSPS) is 12.3. The third kappa shape index (κ3) is 3.99. The van der Waals surface area contributed by atoms with E-state index in [4.69, 9.17) is 9.47 Å². The van der Waals surface area contributed by atoms with E-state index in [0.717, 1.165) is 11.0 Å². The smallest absolute Gasteiger partial charge is 0.338 e. The molecule has 1 aliphatic rings. The lowest BCUT2D eigenvalue weighted by Gasteiger charge is -2.14. The van der Waals surface area contributed by atoms with Crippen LogP contribution in [0, 0.1) is 10.1 Å². The summed E-state index contributed by atoms with van der Waals surface area (Å²) < 4.78 is 10.1. The Morgan fingerprint density at radius 3 is 2.32 bits per heavy atom. The number of amides is 2. The number of rotatable bonds is 7. The SMILES string of the molecule is COc1cccc(C(=O)COC(=O)c2ccc(N3C(=O)c4cccc([N+](=O)[O-])c4C3=O)cc2)c1. The molecule has 0 saturated heterocycles. The molecule has 0 aromatic heterocycles. The first kappa shape index (κ1) is 22.3. The van der Waals surface area contributed by atoms with Gasteiger partial charge in [-0.2, -0.15) is 0 Å². The number of nitro benzene ring substituents is 1. The van der Waals surface area contributed by atoms with Crippen molar-refractivity contribution in [2.75, 3.05) is 18.6 Å². The minimum absolute atomic E-state index is 0.0706. The number of nitro groups is 1. The summed E-state index contributed by atoms with van der Waals surface area (Å²) in [5, 5.41) is 11.2. The van der Waals surface area contributed by atoms with Gasteiger partial charge in [-0.25, -0.2) is 9.69 Å². The van der Waals surface area contributed by atoms with Crippen molar-refractivity contribution >= 4 is 34.9 Å². The fourth-order valence-electron chi connectivity index (χ4n) is 3.50. The number of ketones is 1. The molecule has 0 atom stereocenters. The second-order valence-electron chi connectivity index (χ2n) is 7.18. The third-order valence-corrected chi connectivity index (χ3v) is 5.18. The lowest BCUT2D eigenvalue weighted by Crippen LogP contribution is -2.29. The van der Waals surface area contributed by atoms with E-state index in [0.29, 0.717) is 11.3 Å². The standard InChI is InChI=1S/C24H16N2O8/c1-33-17-5-2-4-15(12-17)20(27)13-34-24(30)14-8-10-16(11-9-14)25-22(28)18-6-3-7-19(26(31)32)21(18)23(25)29/h2-12H,13H2,1H3. The number of imide groups is 1. The summed E-state index contributed by atoms with van der Waals surface area (Å²) >= 11 is 0. The number of anilines is 1. The second-order valence-corrected chi connectivity index (χ2v) is 7.18. The molecule has 1 aliphatic heterocycles. The number of methoxy groups -OCH3 is 1. The molecule has 0 bridgehead atoms. The van der Waals surface area contributed by atoms with Gasteiger partial charge in [-0.05, 0) is 42.5 Å². The van der Waals surface area contributed by atoms with Gasteiger partial charge in [0.05, 0.1) is 28.8 Å². The Morgan fingerprint density at radius 1 is 0.941 bits per heavy atom. The molecule has 4 rings (SSSR count). The average molecular weight is 460 g/mol. The van der Waals surface area contributed by atoms with E-state index in [1.807, 2.05) is 0 Å². The zero-order valence-corrected chi connectivity index (χ0v) is 17.7. The highest BCUT2D eigenvalue weighted by molar-refractivity contribution is 6.35. The number of benzene rings is 3. The van der Waals surface area contributed by atoms with E-state index in [1.165, 1.54) is 49.6 Å². The molecule has 3 aromatic rings. The Kier molecular flexibility index (Phi) is 5.88. The first-order chi connectivity index (χ1) is 16.3. The number of hydrogen-bond donors (Lipinski definition) is 0. The maximum absolute atomic E-state index is 12.8. The Labute approximate surface area is 192 Å². The fraction of sp³-hybridized carbons (Fsp3) is 0.0833. The molecule has 3 aromatic carbocycles. The van der Waals surface area contributed by atoms with Crippen LogP contribution in [-0.4, -0.2) is 42.2 Å². The van der Waals surface area contributed by atoms with Crippen molar-refractivity contribution in [3.05, 3.63) is 99.1 Å². The van der Waals surface area contributed by atoms with Crippen LogP contribution in [0.2, 0.25) is 0 Å². The fourth-order valence-corrected chi connectivity index (χ4v) is 3.50. The first-order valence-electron chi connectivity index (χ1n) is 9.92. The summed E-state index contributed by atoms with van der Waals surface area (Å²) in [5.74, 6) is -2.24. The minimum Gasteiger partial charge on any atom is -0.497 e. The molecule has 10 nitrogen and oxygen atoms in total. The maximum Gasteiger partial charge on any atom is 0.338 e. The number of ether oxygens (including phenoxy) is 2. The van der Waals surface area contributed by atoms with E-state index in [1.54, 1.807) is 18.2 Å². The van der Waals surface area contributed by atoms with Crippen molar-refractivity contribution in [3.63, 3.8) is 0 Å². The van der Waals surface area contributed by atoms with E-state index >= 15 is 0 Å². The highest BCUT2D eigenvalue weighted by Gasteiger charge is 2.41. The highest BCUT2D eigenvalue weighted by Crippen LogP contribution is 2.33. The summed E-state index contributed by atoms with van der Waals surface area (Å²) in [6.45, 7) is -0.490. The molecule has 170 valence electrons. The summed E-state index contributed by atoms with van der Waals surface area (Å²) in [6.07, 6.45) is 0. The van der Waals surface area contributed by atoms with Gasteiger partial charge in [0.25, 0.3) is 17.5 Å². The van der Waals surface area contributed by atoms with Crippen molar-refractivity contribution in [2.24, 2.45) is 0 Å². The molecule has 0 spiro atoms. The summed E-state index contributed by atoms with van der Waals surface area (Å²) in [5.41, 5.74) is -0.272. The Balaban J connectivity index is 1.47. The van der Waals surface area contributed by atoms with E-state index < -0.39 is 40.8 Å². The van der Waals surface area contributed by atoms with Gasteiger partial charge in [-0.15, -0.1) is 0 Å². The largest absolute Gasteiger partial charge is 0.497 e. The molecule has 0 unspecified atom stereocenters. The molecular weight excluding hydrogens is 444 g/mol. The Bertz CT molecular complexity index is 1350. The molecular formula is C24H16N2O8. The lowest BCUT2D eigenvalue weighted by atomic mass is 10.1.